The zero-order valence-electron chi connectivity index (χ0n) is 10.3. The van der Waals surface area contributed by atoms with Crippen LogP contribution >= 0.6 is 0 Å². The van der Waals surface area contributed by atoms with Gasteiger partial charge in [-0.2, -0.15) is 0 Å². The summed E-state index contributed by atoms with van der Waals surface area (Å²) < 4.78 is 31.2. The van der Waals surface area contributed by atoms with Crippen LogP contribution in [0.3, 0.4) is 0 Å². The molecule has 96 valence electrons. The van der Waals surface area contributed by atoms with Crippen LogP contribution in [0.2, 0.25) is 0 Å². The van der Waals surface area contributed by atoms with Gasteiger partial charge < -0.3 is 10.5 Å². The van der Waals surface area contributed by atoms with Crippen LogP contribution in [0, 0.1) is 17.0 Å². The number of ether oxygens (including phenoxy) is 1. The van der Waals surface area contributed by atoms with E-state index >= 15 is 0 Å². The maximum absolute atomic E-state index is 13.2. The van der Waals surface area contributed by atoms with Crippen LogP contribution < -0.4 is 10.5 Å². The number of hydrogen-bond donors (Lipinski definition) is 1. The standard InChI is InChI=1S/C13H19F2NO/c1-13(2,9-16)6-3-7-17-12-8-10(14)4-5-11(12)15/h4-5,8H,3,6-7,9,16H2,1-2H3. The van der Waals surface area contributed by atoms with Crippen LogP contribution in [0.4, 0.5) is 8.78 Å². The third kappa shape index (κ3) is 4.69. The molecule has 2 nitrogen and oxygen atoms in total. The molecule has 0 aliphatic carbocycles. The Labute approximate surface area is 101 Å². The van der Waals surface area contributed by atoms with Crippen molar-refractivity contribution in [2.24, 2.45) is 11.1 Å². The summed E-state index contributed by atoms with van der Waals surface area (Å²) in [4.78, 5) is 0. The van der Waals surface area contributed by atoms with E-state index in [-0.39, 0.29) is 11.2 Å². The summed E-state index contributed by atoms with van der Waals surface area (Å²) in [5.74, 6) is -1.07. The molecule has 0 bridgehead atoms. The number of nitrogens with two attached hydrogens (primary N) is 1. The SMILES string of the molecule is CC(C)(CN)CCCOc1cc(F)ccc1F. The summed E-state index contributed by atoms with van der Waals surface area (Å²) >= 11 is 0. The van der Waals surface area contributed by atoms with E-state index in [0.29, 0.717) is 13.2 Å². The van der Waals surface area contributed by atoms with Gasteiger partial charge in [-0.3, -0.25) is 0 Å². The first-order chi connectivity index (χ1) is 7.94. The molecular weight excluding hydrogens is 224 g/mol. The third-order valence-electron chi connectivity index (χ3n) is 2.70. The Kier molecular flexibility index (Phi) is 4.87. The normalized spacial score (nSPS) is 11.6. The molecule has 0 radical (unpaired) electrons. The molecule has 0 fully saturated rings. The molecule has 0 aliphatic heterocycles. The highest BCUT2D eigenvalue weighted by molar-refractivity contribution is 5.24. The molecule has 0 spiro atoms. The molecule has 0 heterocycles. The van der Waals surface area contributed by atoms with Crippen molar-refractivity contribution in [1.82, 2.24) is 0 Å². The maximum atomic E-state index is 13.2. The first kappa shape index (κ1) is 13.9. The summed E-state index contributed by atoms with van der Waals surface area (Å²) in [6.45, 7) is 5.09. The largest absolute Gasteiger partial charge is 0.490 e. The van der Waals surface area contributed by atoms with Gasteiger partial charge in [-0.15, -0.1) is 0 Å². The summed E-state index contributed by atoms with van der Waals surface area (Å²) in [6.07, 6.45) is 1.65. The van der Waals surface area contributed by atoms with Gasteiger partial charge in [0, 0.05) is 6.07 Å². The van der Waals surface area contributed by atoms with Crippen LogP contribution in [0.1, 0.15) is 26.7 Å². The Morgan fingerprint density at radius 3 is 2.65 bits per heavy atom. The van der Waals surface area contributed by atoms with Crippen molar-refractivity contribution in [3.8, 4) is 5.75 Å². The van der Waals surface area contributed by atoms with Gasteiger partial charge in [-0.1, -0.05) is 13.8 Å². The highest BCUT2D eigenvalue weighted by atomic mass is 19.1. The minimum Gasteiger partial charge on any atom is -0.490 e. The molecule has 0 unspecified atom stereocenters. The van der Waals surface area contributed by atoms with Gasteiger partial charge in [-0.05, 0) is 36.9 Å². The van der Waals surface area contributed by atoms with Gasteiger partial charge in [0.2, 0.25) is 0 Å². The summed E-state index contributed by atoms with van der Waals surface area (Å²) in [5, 5.41) is 0. The van der Waals surface area contributed by atoms with Crippen LogP contribution in [-0.4, -0.2) is 13.2 Å². The number of benzene rings is 1. The van der Waals surface area contributed by atoms with Gasteiger partial charge in [0.1, 0.15) is 5.82 Å². The topological polar surface area (TPSA) is 35.2 Å². The Morgan fingerprint density at radius 1 is 1.29 bits per heavy atom. The van der Waals surface area contributed by atoms with Crippen molar-refractivity contribution >= 4 is 0 Å². The molecule has 0 atom stereocenters. The second-order valence-corrected chi connectivity index (χ2v) is 4.90. The fourth-order valence-electron chi connectivity index (χ4n) is 1.42. The molecule has 0 aromatic heterocycles. The van der Waals surface area contributed by atoms with E-state index in [1.54, 1.807) is 0 Å². The molecule has 0 saturated carbocycles. The summed E-state index contributed by atoms with van der Waals surface area (Å²) in [7, 11) is 0. The fraction of sp³-hybridized carbons (Fsp3) is 0.538. The molecule has 0 saturated heterocycles. The lowest BCUT2D eigenvalue weighted by Gasteiger charge is -2.21. The Balaban J connectivity index is 2.38. The lowest BCUT2D eigenvalue weighted by atomic mass is 9.88. The molecule has 0 amide bonds. The van der Waals surface area contributed by atoms with E-state index in [0.717, 1.165) is 31.0 Å². The van der Waals surface area contributed by atoms with Crippen LogP contribution in [0.15, 0.2) is 18.2 Å². The average molecular weight is 243 g/mol. The Hall–Kier alpha value is -1.16. The molecule has 0 aliphatic rings. The Bertz CT molecular complexity index is 366. The van der Waals surface area contributed by atoms with Gasteiger partial charge >= 0.3 is 0 Å². The van der Waals surface area contributed by atoms with E-state index in [9.17, 15) is 8.78 Å². The molecule has 1 aromatic rings. The highest BCUT2D eigenvalue weighted by Gasteiger charge is 2.14. The first-order valence-electron chi connectivity index (χ1n) is 5.72. The average Bonchev–Trinajstić information content (AvgIpc) is 2.29. The molecular formula is C13H19F2NO. The minimum absolute atomic E-state index is 0.0319. The van der Waals surface area contributed by atoms with E-state index in [1.807, 2.05) is 0 Å². The molecule has 4 heteroatoms. The van der Waals surface area contributed by atoms with E-state index in [1.165, 1.54) is 0 Å². The molecule has 1 rings (SSSR count). The van der Waals surface area contributed by atoms with Gasteiger partial charge in [0.25, 0.3) is 0 Å². The van der Waals surface area contributed by atoms with Gasteiger partial charge in [0.05, 0.1) is 6.61 Å². The van der Waals surface area contributed by atoms with E-state index in [2.05, 4.69) is 13.8 Å². The Morgan fingerprint density at radius 2 is 2.00 bits per heavy atom. The number of rotatable bonds is 6. The van der Waals surface area contributed by atoms with Crippen molar-refractivity contribution in [2.75, 3.05) is 13.2 Å². The number of hydrogen-bond acceptors (Lipinski definition) is 2. The van der Waals surface area contributed by atoms with Crippen molar-refractivity contribution in [2.45, 2.75) is 26.7 Å². The number of halogens is 2. The molecule has 17 heavy (non-hydrogen) atoms. The van der Waals surface area contributed by atoms with Crippen LogP contribution in [-0.2, 0) is 0 Å². The van der Waals surface area contributed by atoms with Crippen molar-refractivity contribution in [3.63, 3.8) is 0 Å². The second kappa shape index (κ2) is 5.96. The quantitative estimate of drug-likeness (QED) is 0.779. The van der Waals surface area contributed by atoms with E-state index in [4.69, 9.17) is 10.5 Å². The zero-order valence-corrected chi connectivity index (χ0v) is 10.3. The predicted molar refractivity (Wildman–Crippen MR) is 63.9 cm³/mol. The minimum atomic E-state index is -0.538. The lowest BCUT2D eigenvalue weighted by molar-refractivity contribution is 0.252. The van der Waals surface area contributed by atoms with E-state index < -0.39 is 11.6 Å². The molecule has 1 aromatic carbocycles. The highest BCUT2D eigenvalue weighted by Crippen LogP contribution is 2.22. The summed E-state index contributed by atoms with van der Waals surface area (Å²) in [5.41, 5.74) is 5.65. The van der Waals surface area contributed by atoms with Crippen LogP contribution in [0.25, 0.3) is 0 Å². The smallest absolute Gasteiger partial charge is 0.165 e. The van der Waals surface area contributed by atoms with Crippen molar-refractivity contribution in [1.29, 1.82) is 0 Å². The second-order valence-electron chi connectivity index (χ2n) is 4.90. The zero-order chi connectivity index (χ0) is 12.9. The predicted octanol–water partition coefficient (Wildman–Crippen LogP) is 3.11. The van der Waals surface area contributed by atoms with Crippen molar-refractivity contribution < 1.29 is 13.5 Å². The van der Waals surface area contributed by atoms with Crippen LogP contribution in [0.5, 0.6) is 5.75 Å². The maximum Gasteiger partial charge on any atom is 0.165 e. The fourth-order valence-corrected chi connectivity index (χ4v) is 1.42. The summed E-state index contributed by atoms with van der Waals surface area (Å²) in [6, 6.07) is 3.19. The van der Waals surface area contributed by atoms with Crippen molar-refractivity contribution in [3.05, 3.63) is 29.8 Å². The first-order valence-corrected chi connectivity index (χ1v) is 5.72. The molecule has 2 N–H and O–H groups in total. The lowest BCUT2D eigenvalue weighted by Crippen LogP contribution is -2.24. The third-order valence-corrected chi connectivity index (χ3v) is 2.70. The monoisotopic (exact) mass is 243 g/mol. The van der Waals surface area contributed by atoms with Gasteiger partial charge in [-0.25, -0.2) is 8.78 Å². The van der Waals surface area contributed by atoms with Gasteiger partial charge in [0.15, 0.2) is 11.6 Å².